The van der Waals surface area contributed by atoms with Crippen LogP contribution in [0.4, 0.5) is 0 Å². The molecule has 0 heterocycles. The van der Waals surface area contributed by atoms with E-state index in [2.05, 4.69) is 0 Å². The van der Waals surface area contributed by atoms with Crippen LogP contribution in [-0.2, 0) is 9.59 Å². The second kappa shape index (κ2) is 99.2. The zero-order valence-electron chi connectivity index (χ0n) is 7.98. The molecule has 0 radical (unpaired) electrons. The van der Waals surface area contributed by atoms with Crippen LogP contribution in [0.2, 0.25) is 0 Å². The summed E-state index contributed by atoms with van der Waals surface area (Å²) < 4.78 is 0. The first-order valence-corrected chi connectivity index (χ1v) is 1.11. The van der Waals surface area contributed by atoms with E-state index < -0.39 is 11.9 Å². The molecule has 0 unspecified atom stereocenters. The summed E-state index contributed by atoms with van der Waals surface area (Å²) in [6.07, 6.45) is 0. The minimum Gasteiger partial charge on any atom is -0.473 e. The van der Waals surface area contributed by atoms with Crippen LogP contribution in [0.15, 0.2) is 0 Å². The molecular weight excluding hydrogens is 421 g/mol. The number of rotatable bonds is 0. The normalized spacial score (nSPS) is 2.59. The first-order valence-electron chi connectivity index (χ1n) is 1.11. The molecule has 14 nitrogen and oxygen atoms in total. The van der Waals surface area contributed by atoms with Crippen LogP contribution < -0.4 is 0 Å². The Morgan fingerprint density at radius 3 is 0.529 bits per heavy atom. The molecule has 0 aliphatic rings. The molecule has 0 spiro atoms. The summed E-state index contributed by atoms with van der Waals surface area (Å²) in [6, 6.07) is 0. The van der Waals surface area contributed by atoms with Crippen LogP contribution in [0, 0.1) is 46.9 Å². The monoisotopic (exact) mass is 444 g/mol. The van der Waals surface area contributed by atoms with Crippen LogP contribution >= 0.6 is 0 Å². The van der Waals surface area contributed by atoms with Gasteiger partial charge in [0.05, 0.1) is 0 Å². The van der Waals surface area contributed by atoms with Crippen LogP contribution in [0.25, 0.3) is 0 Å². The molecule has 15 heteroatoms. The fraction of sp³-hybridized carbons (Fsp3) is 0. The molecule has 17 heavy (non-hydrogen) atoms. The second-order valence-electron chi connectivity index (χ2n) is 0.610. The number of hydrogen-bond acceptors (Lipinski definition) is 2. The third-order valence-corrected chi connectivity index (χ3v) is 0.183. The SMILES string of the molecule is O.O.O.O.O.O.O.O.O.O.O=C(O)C(=O)O.[Yb]. The summed E-state index contributed by atoms with van der Waals surface area (Å²) >= 11 is 0. The van der Waals surface area contributed by atoms with Gasteiger partial charge in [0, 0.05) is 46.9 Å². The topological polar surface area (TPSA) is 390 Å². The Labute approximate surface area is 133 Å². The predicted octanol–water partition coefficient (Wildman–Crippen LogP) is -9.09. The molecule has 22 N–H and O–H groups in total. The molecule has 0 saturated heterocycles. The zero-order valence-corrected chi connectivity index (χ0v) is 9.69. The van der Waals surface area contributed by atoms with Gasteiger partial charge in [0.25, 0.3) is 0 Å². The molecule has 0 amide bonds. The first-order chi connectivity index (χ1) is 2.64. The van der Waals surface area contributed by atoms with E-state index in [1.807, 2.05) is 0 Å². The van der Waals surface area contributed by atoms with E-state index >= 15 is 0 Å². The fourth-order valence-corrected chi connectivity index (χ4v) is 0. The second-order valence-corrected chi connectivity index (χ2v) is 0.610. The third kappa shape index (κ3) is 193. The largest absolute Gasteiger partial charge is 0.473 e. The molecule has 0 aliphatic carbocycles. The maximum Gasteiger partial charge on any atom is 0.414 e. The Morgan fingerprint density at radius 2 is 0.529 bits per heavy atom. The van der Waals surface area contributed by atoms with E-state index in [-0.39, 0.29) is 102 Å². The number of carboxylic acid groups (broad SMARTS) is 2. The van der Waals surface area contributed by atoms with Crippen LogP contribution in [0.1, 0.15) is 0 Å². The maximum absolute atomic E-state index is 9.10. The summed E-state index contributed by atoms with van der Waals surface area (Å²) in [5.41, 5.74) is 0. The molecule has 0 fully saturated rings. The van der Waals surface area contributed by atoms with Crippen molar-refractivity contribution in [3.8, 4) is 0 Å². The van der Waals surface area contributed by atoms with Gasteiger partial charge in [-0.25, -0.2) is 9.59 Å². The smallest absolute Gasteiger partial charge is 0.414 e. The Hall–Kier alpha value is 0.0595. The standard InChI is InChI=1S/C2H2O4.10H2O.Yb/c3-1(4)2(5)6;;;;;;;;;;;/h(H,3,4)(H,5,6);10*1H2;. The molecule has 0 atom stereocenters. The van der Waals surface area contributed by atoms with Crippen molar-refractivity contribution < 1.29 is 121 Å². The van der Waals surface area contributed by atoms with Crippen molar-refractivity contribution >= 4 is 11.9 Å². The van der Waals surface area contributed by atoms with Crippen molar-refractivity contribution in [2.75, 3.05) is 0 Å². The Balaban J connectivity index is -0.00000000227. The molecule has 0 rings (SSSR count). The molecule has 0 saturated carbocycles. The van der Waals surface area contributed by atoms with Gasteiger partial charge in [-0.1, -0.05) is 0 Å². The van der Waals surface area contributed by atoms with Gasteiger partial charge in [-0.2, -0.15) is 0 Å². The third-order valence-electron chi connectivity index (χ3n) is 0.183. The Kier molecular flexibility index (Phi) is 1000. The average Bonchev–Trinajstić information content (AvgIpc) is 1.36. The number of carbonyl (C=O) groups is 2. The molecule has 0 aliphatic heterocycles. The van der Waals surface area contributed by atoms with E-state index in [0.29, 0.717) is 0 Å². The van der Waals surface area contributed by atoms with Crippen molar-refractivity contribution in [3.63, 3.8) is 0 Å². The van der Waals surface area contributed by atoms with Gasteiger partial charge in [-0.05, 0) is 0 Å². The van der Waals surface area contributed by atoms with Gasteiger partial charge in [-0.15, -0.1) is 0 Å². The van der Waals surface area contributed by atoms with Crippen LogP contribution in [-0.4, -0.2) is 76.9 Å². The van der Waals surface area contributed by atoms with Gasteiger partial charge < -0.3 is 65.0 Å². The zero-order chi connectivity index (χ0) is 5.15. The molecule has 128 valence electrons. The van der Waals surface area contributed by atoms with Crippen LogP contribution in [0.5, 0.6) is 0 Å². The van der Waals surface area contributed by atoms with Crippen LogP contribution in [0.3, 0.4) is 0 Å². The van der Waals surface area contributed by atoms with E-state index in [1.54, 1.807) is 0 Å². The van der Waals surface area contributed by atoms with Gasteiger partial charge in [0.2, 0.25) is 0 Å². The number of carboxylic acids is 2. The van der Waals surface area contributed by atoms with E-state index in [1.165, 1.54) is 0 Å². The molecule has 0 aromatic carbocycles. The van der Waals surface area contributed by atoms with Crippen molar-refractivity contribution in [2.24, 2.45) is 0 Å². The summed E-state index contributed by atoms with van der Waals surface area (Å²) in [5.74, 6) is -3.65. The molecule has 0 aromatic rings. The fourth-order valence-electron chi connectivity index (χ4n) is 0. The van der Waals surface area contributed by atoms with Gasteiger partial charge in [0.1, 0.15) is 0 Å². The van der Waals surface area contributed by atoms with Gasteiger partial charge in [0.15, 0.2) is 0 Å². The molecule has 0 bridgehead atoms. The number of hydrogen-bond donors (Lipinski definition) is 2. The van der Waals surface area contributed by atoms with E-state index in [4.69, 9.17) is 19.8 Å². The number of aliphatic carboxylic acids is 2. The quantitative estimate of drug-likeness (QED) is 0.344. The van der Waals surface area contributed by atoms with E-state index in [9.17, 15) is 0 Å². The van der Waals surface area contributed by atoms with Gasteiger partial charge in [-0.3, -0.25) is 0 Å². The summed E-state index contributed by atoms with van der Waals surface area (Å²) in [6.45, 7) is 0. The minimum absolute atomic E-state index is 0. The molecular formula is C2H22O14Yb. The first kappa shape index (κ1) is 172. The van der Waals surface area contributed by atoms with Crippen molar-refractivity contribution in [3.05, 3.63) is 0 Å². The Morgan fingerprint density at radius 1 is 0.471 bits per heavy atom. The van der Waals surface area contributed by atoms with Crippen molar-refractivity contribution in [1.82, 2.24) is 0 Å². The predicted molar refractivity (Wildman–Crippen MR) is 51.4 cm³/mol. The molecule has 0 aromatic heterocycles. The average molecular weight is 443 g/mol. The van der Waals surface area contributed by atoms with E-state index in [0.717, 1.165) is 0 Å². The Bertz CT molecular complexity index is 80.2. The van der Waals surface area contributed by atoms with Crippen molar-refractivity contribution in [2.45, 2.75) is 0 Å². The van der Waals surface area contributed by atoms with Crippen molar-refractivity contribution in [1.29, 1.82) is 0 Å². The summed E-state index contributed by atoms with van der Waals surface area (Å²) in [7, 11) is 0. The van der Waals surface area contributed by atoms with Gasteiger partial charge >= 0.3 is 11.9 Å². The minimum atomic E-state index is -1.82. The summed E-state index contributed by atoms with van der Waals surface area (Å²) in [5, 5.41) is 14.8. The maximum atomic E-state index is 9.10. The summed E-state index contributed by atoms with van der Waals surface area (Å²) in [4.78, 5) is 18.2.